The van der Waals surface area contributed by atoms with E-state index >= 15 is 0 Å². The van der Waals surface area contributed by atoms with Crippen molar-refractivity contribution in [3.8, 4) is 0 Å². The fraction of sp³-hybridized carbons (Fsp3) is 0.400. The minimum absolute atomic E-state index is 0. The molecule has 1 heterocycles. The van der Waals surface area contributed by atoms with Crippen LogP contribution >= 0.6 is 12.6 Å². The largest absolute Gasteiger partial charge is 0.378 e. The first-order valence-corrected chi connectivity index (χ1v) is 4.93. The van der Waals surface area contributed by atoms with Gasteiger partial charge in [-0.25, -0.2) is 0 Å². The van der Waals surface area contributed by atoms with Crippen molar-refractivity contribution in [3.63, 3.8) is 0 Å². The molecule has 2 nitrogen and oxygen atoms in total. The Morgan fingerprint density at radius 1 is 1.07 bits per heavy atom. The van der Waals surface area contributed by atoms with Crippen LogP contribution in [0, 0.1) is 0 Å². The Kier molecular flexibility index (Phi) is 5.34. The van der Waals surface area contributed by atoms with E-state index in [1.54, 1.807) is 0 Å². The molecule has 0 amide bonds. The van der Waals surface area contributed by atoms with Crippen molar-refractivity contribution >= 4 is 47.9 Å². The molecule has 0 aromatic heterocycles. The van der Waals surface area contributed by atoms with Crippen molar-refractivity contribution in [2.75, 3.05) is 31.2 Å². The second-order valence-corrected chi connectivity index (χ2v) is 3.63. The molecule has 1 aromatic carbocycles. The van der Waals surface area contributed by atoms with E-state index in [4.69, 9.17) is 4.74 Å². The molecule has 4 heteroatoms. The van der Waals surface area contributed by atoms with Crippen molar-refractivity contribution in [1.82, 2.24) is 0 Å². The molecule has 0 atom stereocenters. The number of morpholine rings is 1. The van der Waals surface area contributed by atoms with E-state index in [-0.39, 0.29) is 29.6 Å². The summed E-state index contributed by atoms with van der Waals surface area (Å²) >= 11 is 4.25. The zero-order valence-corrected chi connectivity index (χ0v) is 11.3. The average Bonchev–Trinajstić information content (AvgIpc) is 2.20. The number of hydrogen-bond acceptors (Lipinski definition) is 3. The SMILES string of the molecule is Sc1ccc(N2CCOCC2)cc1.[Na]. The van der Waals surface area contributed by atoms with E-state index in [2.05, 4.69) is 29.7 Å². The maximum atomic E-state index is 5.29. The van der Waals surface area contributed by atoms with Gasteiger partial charge in [-0.1, -0.05) is 0 Å². The van der Waals surface area contributed by atoms with Gasteiger partial charge in [0.1, 0.15) is 0 Å². The molecule has 0 N–H and O–H groups in total. The minimum atomic E-state index is 0. The standard InChI is InChI=1S/C10H13NOS.Na/c13-10-3-1-9(2-4-10)11-5-7-12-8-6-11;/h1-4,13H,5-8H2;. The van der Waals surface area contributed by atoms with Gasteiger partial charge in [-0.2, -0.15) is 0 Å². The van der Waals surface area contributed by atoms with Crippen LogP contribution in [0.4, 0.5) is 5.69 Å². The van der Waals surface area contributed by atoms with Crippen LogP contribution in [0.2, 0.25) is 0 Å². The fourth-order valence-corrected chi connectivity index (χ4v) is 1.63. The third kappa shape index (κ3) is 3.17. The first kappa shape index (κ1) is 12.4. The summed E-state index contributed by atoms with van der Waals surface area (Å²) in [5.74, 6) is 0. The van der Waals surface area contributed by atoms with E-state index in [0.717, 1.165) is 31.2 Å². The Morgan fingerprint density at radius 2 is 1.64 bits per heavy atom. The smallest absolute Gasteiger partial charge is 0.0642 e. The minimum Gasteiger partial charge on any atom is -0.378 e. The Balaban J connectivity index is 0.000000980. The molecule has 1 aromatic rings. The molecule has 1 aliphatic rings. The van der Waals surface area contributed by atoms with Crippen LogP contribution in [-0.4, -0.2) is 55.9 Å². The summed E-state index contributed by atoms with van der Waals surface area (Å²) in [6, 6.07) is 8.25. The van der Waals surface area contributed by atoms with Crippen molar-refractivity contribution < 1.29 is 4.74 Å². The van der Waals surface area contributed by atoms with E-state index in [0.29, 0.717) is 0 Å². The maximum Gasteiger partial charge on any atom is 0.0642 e. The molecule has 0 aliphatic carbocycles. The maximum absolute atomic E-state index is 5.29. The van der Waals surface area contributed by atoms with E-state index in [1.165, 1.54) is 5.69 Å². The van der Waals surface area contributed by atoms with Gasteiger partial charge in [0.25, 0.3) is 0 Å². The van der Waals surface area contributed by atoms with Crippen molar-refractivity contribution in [2.24, 2.45) is 0 Å². The summed E-state index contributed by atoms with van der Waals surface area (Å²) in [4.78, 5) is 3.34. The van der Waals surface area contributed by atoms with Gasteiger partial charge in [0, 0.05) is 53.2 Å². The number of benzene rings is 1. The second-order valence-electron chi connectivity index (χ2n) is 3.12. The van der Waals surface area contributed by atoms with Crippen LogP contribution in [0.1, 0.15) is 0 Å². The zero-order valence-electron chi connectivity index (χ0n) is 8.44. The van der Waals surface area contributed by atoms with Crippen LogP contribution in [0.5, 0.6) is 0 Å². The van der Waals surface area contributed by atoms with Gasteiger partial charge in [-0.15, -0.1) is 12.6 Å². The van der Waals surface area contributed by atoms with Gasteiger partial charge in [0.15, 0.2) is 0 Å². The molecule has 71 valence electrons. The summed E-state index contributed by atoms with van der Waals surface area (Å²) in [6.45, 7) is 3.66. The molecular weight excluding hydrogens is 205 g/mol. The molecule has 1 aliphatic heterocycles. The number of rotatable bonds is 1. The Hall–Kier alpha value is 0.330. The molecule has 0 saturated carbocycles. The molecule has 1 saturated heterocycles. The first-order chi connectivity index (χ1) is 6.36. The third-order valence-corrected chi connectivity index (χ3v) is 2.52. The van der Waals surface area contributed by atoms with Crippen molar-refractivity contribution in [1.29, 1.82) is 0 Å². The van der Waals surface area contributed by atoms with Gasteiger partial charge in [0.2, 0.25) is 0 Å². The first-order valence-electron chi connectivity index (χ1n) is 4.48. The summed E-state index contributed by atoms with van der Waals surface area (Å²) < 4.78 is 5.29. The normalized spacial score (nSPS) is 16.2. The van der Waals surface area contributed by atoms with Crippen LogP contribution in [0.3, 0.4) is 0 Å². The summed E-state index contributed by atoms with van der Waals surface area (Å²) in [5, 5.41) is 0. The van der Waals surface area contributed by atoms with Crippen LogP contribution < -0.4 is 4.90 Å². The van der Waals surface area contributed by atoms with Gasteiger partial charge in [-0.3, -0.25) is 0 Å². The number of nitrogens with zero attached hydrogens (tertiary/aromatic N) is 1. The summed E-state index contributed by atoms with van der Waals surface area (Å²) in [5.41, 5.74) is 1.26. The molecule has 0 spiro atoms. The molecule has 0 bridgehead atoms. The van der Waals surface area contributed by atoms with Gasteiger partial charge < -0.3 is 9.64 Å². The van der Waals surface area contributed by atoms with Crippen molar-refractivity contribution in [3.05, 3.63) is 24.3 Å². The second kappa shape index (κ2) is 6.03. The molecule has 1 fully saturated rings. The van der Waals surface area contributed by atoms with Gasteiger partial charge in [-0.05, 0) is 24.3 Å². The topological polar surface area (TPSA) is 12.5 Å². The van der Waals surface area contributed by atoms with Crippen LogP contribution in [0.15, 0.2) is 29.2 Å². The van der Waals surface area contributed by atoms with Gasteiger partial charge in [0.05, 0.1) is 13.2 Å². The van der Waals surface area contributed by atoms with Crippen LogP contribution in [-0.2, 0) is 4.74 Å². The Morgan fingerprint density at radius 3 is 2.21 bits per heavy atom. The number of anilines is 1. The molecule has 14 heavy (non-hydrogen) atoms. The predicted molar refractivity (Wildman–Crippen MR) is 62.5 cm³/mol. The number of ether oxygens (including phenoxy) is 1. The van der Waals surface area contributed by atoms with Crippen LogP contribution in [0.25, 0.3) is 0 Å². The molecular formula is C10H13NNaOS. The number of hydrogen-bond donors (Lipinski definition) is 1. The molecule has 1 radical (unpaired) electrons. The van der Waals surface area contributed by atoms with E-state index in [1.807, 2.05) is 12.1 Å². The fourth-order valence-electron chi connectivity index (χ4n) is 1.49. The Bertz CT molecular complexity index is 272. The van der Waals surface area contributed by atoms with Gasteiger partial charge >= 0.3 is 0 Å². The zero-order chi connectivity index (χ0) is 9.10. The average molecular weight is 218 g/mol. The van der Waals surface area contributed by atoms with E-state index < -0.39 is 0 Å². The van der Waals surface area contributed by atoms with Crippen molar-refractivity contribution in [2.45, 2.75) is 4.90 Å². The summed E-state index contributed by atoms with van der Waals surface area (Å²) in [6.07, 6.45) is 0. The van der Waals surface area contributed by atoms with E-state index in [9.17, 15) is 0 Å². The third-order valence-electron chi connectivity index (χ3n) is 2.23. The molecule has 0 unspecified atom stereocenters. The summed E-state index contributed by atoms with van der Waals surface area (Å²) in [7, 11) is 0. The predicted octanol–water partition coefficient (Wildman–Crippen LogP) is 1.43. The monoisotopic (exact) mass is 218 g/mol. The Labute approximate surface area is 112 Å². The quantitative estimate of drug-likeness (QED) is 0.565. The molecule has 2 rings (SSSR count). The number of thiol groups is 1.